The molecule has 22 heavy (non-hydrogen) atoms. The van der Waals surface area contributed by atoms with E-state index in [1.54, 1.807) is 0 Å². The molecule has 0 radical (unpaired) electrons. The van der Waals surface area contributed by atoms with Gasteiger partial charge >= 0.3 is 0 Å². The lowest BCUT2D eigenvalue weighted by molar-refractivity contribution is 0.505. The predicted molar refractivity (Wildman–Crippen MR) is 97.2 cm³/mol. The van der Waals surface area contributed by atoms with E-state index in [1.165, 1.54) is 62.8 Å². The van der Waals surface area contributed by atoms with E-state index in [-0.39, 0.29) is 12.4 Å². The van der Waals surface area contributed by atoms with Crippen LogP contribution in [0, 0.1) is 0 Å². The number of nitrogens with zero attached hydrogens (tertiary/aromatic N) is 1. The summed E-state index contributed by atoms with van der Waals surface area (Å²) < 4.78 is 0. The van der Waals surface area contributed by atoms with Gasteiger partial charge in [0.1, 0.15) is 0 Å². The molecule has 2 atom stereocenters. The minimum absolute atomic E-state index is 0. The van der Waals surface area contributed by atoms with Gasteiger partial charge in [0.15, 0.2) is 0 Å². The molecule has 1 aliphatic carbocycles. The van der Waals surface area contributed by atoms with Gasteiger partial charge in [0.05, 0.1) is 11.9 Å². The number of amidine groups is 1. The maximum atomic E-state index is 5.18. The molecule has 0 unspecified atom stereocenters. The minimum Gasteiger partial charge on any atom is -0.374 e. The second-order valence-corrected chi connectivity index (χ2v) is 6.54. The molecular formula is C19H29ClN2. The van der Waals surface area contributed by atoms with Crippen LogP contribution < -0.4 is 5.32 Å². The molecule has 0 amide bonds. The van der Waals surface area contributed by atoms with Crippen molar-refractivity contribution in [1.82, 2.24) is 5.32 Å². The fourth-order valence-corrected chi connectivity index (χ4v) is 3.76. The zero-order chi connectivity index (χ0) is 14.3. The Hall–Kier alpha value is -1.02. The van der Waals surface area contributed by atoms with Crippen molar-refractivity contribution in [3.8, 4) is 0 Å². The molecule has 1 heterocycles. The lowest BCUT2D eigenvalue weighted by atomic mass is 9.88. The van der Waals surface area contributed by atoms with Crippen molar-refractivity contribution in [3.05, 3.63) is 35.9 Å². The van der Waals surface area contributed by atoms with Crippen LogP contribution in [0.2, 0.25) is 0 Å². The summed E-state index contributed by atoms with van der Waals surface area (Å²) in [7, 11) is 0. The third-order valence-electron chi connectivity index (χ3n) is 4.95. The van der Waals surface area contributed by atoms with Crippen molar-refractivity contribution in [2.24, 2.45) is 4.99 Å². The zero-order valence-corrected chi connectivity index (χ0v) is 14.3. The van der Waals surface area contributed by atoms with Crippen LogP contribution in [-0.2, 0) is 0 Å². The van der Waals surface area contributed by atoms with E-state index in [1.807, 2.05) is 0 Å². The molecule has 2 nitrogen and oxygen atoms in total. The highest BCUT2D eigenvalue weighted by atomic mass is 35.5. The standard InChI is InChI=1S/C19H28N2.ClH/c1-4-10-16(11-5-1)17-12-6-2-7-13-18(17)21-19-14-8-3-9-15-20-19;/h1,4-5,10-11,17-18H,2-3,6-9,12-15H2,(H,20,21);1H/t17-,18+;/m0./s1. The molecule has 0 spiro atoms. The monoisotopic (exact) mass is 320 g/mol. The fourth-order valence-electron chi connectivity index (χ4n) is 3.76. The molecule has 1 N–H and O–H groups in total. The summed E-state index contributed by atoms with van der Waals surface area (Å²) in [4.78, 5) is 5.18. The van der Waals surface area contributed by atoms with Gasteiger partial charge in [0.2, 0.25) is 0 Å². The lowest BCUT2D eigenvalue weighted by Crippen LogP contribution is -2.26. The van der Waals surface area contributed by atoms with Crippen molar-refractivity contribution in [2.45, 2.75) is 69.7 Å². The normalized spacial score (nSPS) is 28.1. The van der Waals surface area contributed by atoms with Crippen molar-refractivity contribution in [3.63, 3.8) is 0 Å². The Morgan fingerprint density at radius 3 is 2.50 bits per heavy atom. The van der Waals surface area contributed by atoms with E-state index in [0.29, 0.717) is 12.0 Å². The molecule has 0 aromatic heterocycles. The fraction of sp³-hybridized carbons (Fsp3) is 0.632. The zero-order valence-electron chi connectivity index (χ0n) is 13.5. The van der Waals surface area contributed by atoms with Gasteiger partial charge in [-0.3, -0.25) is 4.99 Å². The van der Waals surface area contributed by atoms with Crippen LogP contribution in [-0.4, -0.2) is 18.4 Å². The predicted octanol–water partition coefficient (Wildman–Crippen LogP) is 5.09. The molecule has 3 rings (SSSR count). The summed E-state index contributed by atoms with van der Waals surface area (Å²) in [6, 6.07) is 11.5. The summed E-state index contributed by atoms with van der Waals surface area (Å²) in [6.45, 7) is 1.11. The second kappa shape index (κ2) is 9.19. The average molecular weight is 321 g/mol. The van der Waals surface area contributed by atoms with Crippen molar-refractivity contribution in [2.75, 3.05) is 6.54 Å². The van der Waals surface area contributed by atoms with E-state index in [4.69, 9.17) is 4.99 Å². The molecule has 1 saturated heterocycles. The number of rotatable bonds is 2. The first-order valence-electron chi connectivity index (χ1n) is 8.79. The molecule has 1 aromatic rings. The summed E-state index contributed by atoms with van der Waals surface area (Å²) in [5.74, 6) is 1.89. The molecule has 1 saturated carbocycles. The highest BCUT2D eigenvalue weighted by molar-refractivity contribution is 5.85. The largest absolute Gasteiger partial charge is 0.374 e. The number of halogens is 1. The number of aliphatic imine (C=N–C) groups is 1. The van der Waals surface area contributed by atoms with Gasteiger partial charge < -0.3 is 5.32 Å². The SMILES string of the molecule is Cl.c1ccc([C@@H]2CCCCC[C@H]2N=C2CCCCCN2)cc1. The first kappa shape index (κ1) is 17.3. The Bertz CT molecular complexity index is 448. The Morgan fingerprint density at radius 2 is 1.64 bits per heavy atom. The molecule has 0 bridgehead atoms. The van der Waals surface area contributed by atoms with Crippen LogP contribution in [0.1, 0.15) is 69.3 Å². The van der Waals surface area contributed by atoms with Gasteiger partial charge in [0, 0.05) is 18.9 Å². The second-order valence-electron chi connectivity index (χ2n) is 6.54. The maximum absolute atomic E-state index is 5.18. The summed E-state index contributed by atoms with van der Waals surface area (Å²) >= 11 is 0. The molecule has 122 valence electrons. The molecule has 1 aliphatic heterocycles. The lowest BCUT2D eigenvalue weighted by Gasteiger charge is -2.23. The molecule has 2 aliphatic rings. The number of hydrogen-bond donors (Lipinski definition) is 1. The van der Waals surface area contributed by atoms with E-state index in [0.717, 1.165) is 13.0 Å². The van der Waals surface area contributed by atoms with Crippen LogP contribution in [0.5, 0.6) is 0 Å². The first-order chi connectivity index (χ1) is 10.4. The van der Waals surface area contributed by atoms with E-state index in [9.17, 15) is 0 Å². The minimum atomic E-state index is 0. The number of nitrogens with one attached hydrogen (secondary N) is 1. The maximum Gasteiger partial charge on any atom is 0.0966 e. The van der Waals surface area contributed by atoms with Crippen LogP contribution in [0.25, 0.3) is 0 Å². The van der Waals surface area contributed by atoms with Crippen molar-refractivity contribution < 1.29 is 0 Å². The van der Waals surface area contributed by atoms with Gasteiger partial charge in [-0.05, 0) is 31.2 Å². The first-order valence-corrected chi connectivity index (χ1v) is 8.79. The van der Waals surface area contributed by atoms with Gasteiger partial charge in [-0.2, -0.15) is 0 Å². The topological polar surface area (TPSA) is 24.4 Å². The Balaban J connectivity index is 0.00000176. The van der Waals surface area contributed by atoms with Gasteiger partial charge in [-0.25, -0.2) is 0 Å². The Morgan fingerprint density at radius 1 is 0.864 bits per heavy atom. The van der Waals surface area contributed by atoms with Gasteiger partial charge in [-0.15, -0.1) is 12.4 Å². The third-order valence-corrected chi connectivity index (χ3v) is 4.95. The van der Waals surface area contributed by atoms with Crippen LogP contribution in [0.3, 0.4) is 0 Å². The van der Waals surface area contributed by atoms with Crippen molar-refractivity contribution >= 4 is 18.2 Å². The highest BCUT2D eigenvalue weighted by Gasteiger charge is 2.25. The van der Waals surface area contributed by atoms with Gasteiger partial charge in [-0.1, -0.05) is 56.0 Å². The number of benzene rings is 1. The molecular weight excluding hydrogens is 292 g/mol. The Labute approximate surface area is 141 Å². The van der Waals surface area contributed by atoms with E-state index in [2.05, 4.69) is 35.6 Å². The van der Waals surface area contributed by atoms with E-state index < -0.39 is 0 Å². The smallest absolute Gasteiger partial charge is 0.0966 e. The third kappa shape index (κ3) is 4.74. The summed E-state index contributed by atoms with van der Waals surface area (Å²) in [6.07, 6.45) is 11.7. The van der Waals surface area contributed by atoms with Crippen LogP contribution in [0.4, 0.5) is 0 Å². The van der Waals surface area contributed by atoms with Crippen LogP contribution >= 0.6 is 12.4 Å². The highest BCUT2D eigenvalue weighted by Crippen LogP contribution is 2.34. The molecule has 1 aromatic carbocycles. The summed E-state index contributed by atoms with van der Waals surface area (Å²) in [5, 5.41) is 3.57. The average Bonchev–Trinajstić information content (AvgIpc) is 2.91. The van der Waals surface area contributed by atoms with Crippen molar-refractivity contribution in [1.29, 1.82) is 0 Å². The molecule has 2 fully saturated rings. The Kier molecular flexibility index (Phi) is 7.24. The van der Waals surface area contributed by atoms with E-state index >= 15 is 0 Å². The number of hydrogen-bond acceptors (Lipinski definition) is 1. The van der Waals surface area contributed by atoms with Crippen LogP contribution in [0.15, 0.2) is 35.3 Å². The summed E-state index contributed by atoms with van der Waals surface area (Å²) in [5.41, 5.74) is 1.49. The molecule has 3 heteroatoms. The quantitative estimate of drug-likeness (QED) is 0.754. The van der Waals surface area contributed by atoms with Gasteiger partial charge in [0.25, 0.3) is 0 Å².